The average Bonchev–Trinajstić information content (AvgIpc) is 3.17. The van der Waals surface area contributed by atoms with Crippen molar-refractivity contribution in [3.8, 4) is 0 Å². The van der Waals surface area contributed by atoms with Crippen molar-refractivity contribution in [3.63, 3.8) is 0 Å². The van der Waals surface area contributed by atoms with Gasteiger partial charge in [0.2, 0.25) is 0 Å². The van der Waals surface area contributed by atoms with E-state index in [-0.39, 0.29) is 0 Å². The number of aryl methyl sites for hydroxylation is 4. The van der Waals surface area contributed by atoms with Crippen LogP contribution < -0.4 is 5.73 Å². The van der Waals surface area contributed by atoms with E-state index in [0.717, 1.165) is 36.6 Å². The first-order valence-corrected chi connectivity index (χ1v) is 11.9. The largest absolute Gasteiger partial charge is 0.382 e. The number of hydrogen-bond donors (Lipinski definition) is 1. The van der Waals surface area contributed by atoms with Gasteiger partial charge in [0.05, 0.1) is 0 Å². The van der Waals surface area contributed by atoms with Crippen LogP contribution in [0, 0.1) is 0 Å². The Labute approximate surface area is 193 Å². The fourth-order valence-electron chi connectivity index (χ4n) is 3.75. The standard InChI is InChI=1S/C26H29N5S/c1-4-7-20-12-13-21(6-3)22(16-20)32-26-30-23-24(27)28-17-29-25(23)31(26)15-14-19-10-8-18(5-2)9-11-19/h4,7-13,16-17H,5-6,14-15H2,1-3H3,(H2,27,28,29)/b7-4-. The molecule has 164 valence electrons. The molecule has 2 aromatic heterocycles. The molecule has 0 aliphatic rings. The first-order valence-electron chi connectivity index (χ1n) is 11.1. The summed E-state index contributed by atoms with van der Waals surface area (Å²) >= 11 is 1.68. The molecule has 4 aromatic rings. The van der Waals surface area contributed by atoms with Crippen molar-refractivity contribution in [1.29, 1.82) is 0 Å². The van der Waals surface area contributed by atoms with Gasteiger partial charge in [0.1, 0.15) is 6.33 Å². The van der Waals surface area contributed by atoms with Crippen molar-refractivity contribution >= 4 is 34.8 Å². The van der Waals surface area contributed by atoms with Crippen LogP contribution in [0.15, 0.2) is 64.9 Å². The number of imidazole rings is 1. The van der Waals surface area contributed by atoms with Crippen LogP contribution >= 0.6 is 11.8 Å². The maximum absolute atomic E-state index is 6.15. The molecule has 0 fully saturated rings. The molecule has 0 unspecified atom stereocenters. The Morgan fingerprint density at radius 2 is 1.78 bits per heavy atom. The summed E-state index contributed by atoms with van der Waals surface area (Å²) in [6.07, 6.45) is 8.61. The third-order valence-corrected chi connectivity index (χ3v) is 6.71. The van der Waals surface area contributed by atoms with Crippen LogP contribution in [0.3, 0.4) is 0 Å². The fraction of sp³-hybridized carbons (Fsp3) is 0.269. The van der Waals surface area contributed by atoms with Crippen molar-refractivity contribution in [2.45, 2.75) is 56.6 Å². The summed E-state index contributed by atoms with van der Waals surface area (Å²) in [7, 11) is 0. The SMILES string of the molecule is C/C=C\c1ccc(CC)c(Sc2nc3c(N)ncnc3n2CCc2ccc(CC)cc2)c1. The predicted molar refractivity (Wildman–Crippen MR) is 134 cm³/mol. The third kappa shape index (κ3) is 4.70. The summed E-state index contributed by atoms with van der Waals surface area (Å²) in [5, 5.41) is 0.893. The molecule has 6 heteroatoms. The molecule has 2 N–H and O–H groups in total. The Bertz CT molecular complexity index is 1240. The molecule has 0 atom stereocenters. The van der Waals surface area contributed by atoms with E-state index in [4.69, 9.17) is 10.7 Å². The molecule has 0 aliphatic heterocycles. The van der Waals surface area contributed by atoms with E-state index in [1.807, 2.05) is 6.92 Å². The van der Waals surface area contributed by atoms with Crippen LogP contribution in [0.25, 0.3) is 17.2 Å². The molecule has 0 spiro atoms. The molecular weight excluding hydrogens is 414 g/mol. The number of nitrogen functional groups attached to an aromatic ring is 1. The number of aromatic nitrogens is 4. The predicted octanol–water partition coefficient (Wildman–Crippen LogP) is 5.96. The summed E-state index contributed by atoms with van der Waals surface area (Å²) in [6, 6.07) is 15.4. The second-order valence-corrected chi connectivity index (χ2v) is 8.73. The minimum absolute atomic E-state index is 0.418. The van der Waals surface area contributed by atoms with Gasteiger partial charge in [0.15, 0.2) is 22.1 Å². The molecule has 5 nitrogen and oxygen atoms in total. The lowest BCUT2D eigenvalue weighted by atomic mass is 10.1. The smallest absolute Gasteiger partial charge is 0.175 e. The van der Waals surface area contributed by atoms with Crippen molar-refractivity contribution < 1.29 is 0 Å². The van der Waals surface area contributed by atoms with Gasteiger partial charge in [-0.05, 0) is 54.5 Å². The van der Waals surface area contributed by atoms with E-state index in [1.165, 1.54) is 33.5 Å². The van der Waals surface area contributed by atoms with E-state index in [2.05, 4.69) is 83.0 Å². The first-order chi connectivity index (χ1) is 15.6. The number of nitrogens with two attached hydrogens (primary N) is 1. The van der Waals surface area contributed by atoms with Gasteiger partial charge >= 0.3 is 0 Å². The zero-order chi connectivity index (χ0) is 22.5. The molecule has 0 bridgehead atoms. The van der Waals surface area contributed by atoms with Crippen LogP contribution in [0.1, 0.15) is 43.0 Å². The van der Waals surface area contributed by atoms with Gasteiger partial charge in [-0.3, -0.25) is 0 Å². The number of nitrogens with zero attached hydrogens (tertiary/aromatic N) is 4. The molecule has 4 rings (SSSR count). The van der Waals surface area contributed by atoms with E-state index < -0.39 is 0 Å². The summed E-state index contributed by atoms with van der Waals surface area (Å²) in [6.45, 7) is 7.17. The number of hydrogen-bond acceptors (Lipinski definition) is 5. The Balaban J connectivity index is 1.71. The zero-order valence-corrected chi connectivity index (χ0v) is 19.7. The van der Waals surface area contributed by atoms with Gasteiger partial charge in [0, 0.05) is 11.4 Å². The van der Waals surface area contributed by atoms with Gasteiger partial charge in [-0.25, -0.2) is 15.0 Å². The second kappa shape index (κ2) is 10.0. The number of benzene rings is 2. The van der Waals surface area contributed by atoms with Crippen LogP contribution in [0.2, 0.25) is 0 Å². The maximum Gasteiger partial charge on any atom is 0.175 e. The zero-order valence-electron chi connectivity index (χ0n) is 18.9. The average molecular weight is 444 g/mol. The Morgan fingerprint density at radius 1 is 1.00 bits per heavy atom. The Morgan fingerprint density at radius 3 is 2.50 bits per heavy atom. The number of allylic oxidation sites excluding steroid dienone is 1. The molecule has 0 aliphatic carbocycles. The van der Waals surface area contributed by atoms with Crippen molar-refractivity contribution in [2.24, 2.45) is 0 Å². The Hall–Kier alpha value is -3.12. The number of fused-ring (bicyclic) bond motifs is 1. The maximum atomic E-state index is 6.15. The minimum atomic E-state index is 0.418. The van der Waals surface area contributed by atoms with E-state index >= 15 is 0 Å². The highest BCUT2D eigenvalue weighted by Crippen LogP contribution is 2.34. The van der Waals surface area contributed by atoms with Crippen molar-refractivity contribution in [2.75, 3.05) is 5.73 Å². The molecular formula is C26H29N5S. The lowest BCUT2D eigenvalue weighted by Crippen LogP contribution is -2.05. The highest BCUT2D eigenvalue weighted by Gasteiger charge is 2.17. The summed E-state index contributed by atoms with van der Waals surface area (Å²) in [4.78, 5) is 14.7. The van der Waals surface area contributed by atoms with E-state index in [9.17, 15) is 0 Å². The lowest BCUT2D eigenvalue weighted by molar-refractivity contribution is 0.646. The quantitative estimate of drug-likeness (QED) is 0.364. The van der Waals surface area contributed by atoms with E-state index in [0.29, 0.717) is 11.3 Å². The normalized spacial score (nSPS) is 11.6. The highest BCUT2D eigenvalue weighted by molar-refractivity contribution is 7.99. The van der Waals surface area contributed by atoms with Gasteiger partial charge in [-0.1, -0.05) is 74.2 Å². The lowest BCUT2D eigenvalue weighted by Gasteiger charge is -2.11. The summed E-state index contributed by atoms with van der Waals surface area (Å²) in [5.41, 5.74) is 12.7. The summed E-state index contributed by atoms with van der Waals surface area (Å²) in [5.74, 6) is 0.418. The van der Waals surface area contributed by atoms with Gasteiger partial charge in [0.25, 0.3) is 0 Å². The topological polar surface area (TPSA) is 69.6 Å². The van der Waals surface area contributed by atoms with Gasteiger partial charge in [-0.15, -0.1) is 0 Å². The Kier molecular flexibility index (Phi) is 6.90. The van der Waals surface area contributed by atoms with Crippen LogP contribution in [0.5, 0.6) is 0 Å². The van der Waals surface area contributed by atoms with Crippen molar-refractivity contribution in [1.82, 2.24) is 19.5 Å². The van der Waals surface area contributed by atoms with Gasteiger partial charge < -0.3 is 10.3 Å². The molecule has 0 saturated heterocycles. The van der Waals surface area contributed by atoms with Crippen LogP contribution in [-0.4, -0.2) is 19.5 Å². The molecule has 0 saturated carbocycles. The van der Waals surface area contributed by atoms with Crippen molar-refractivity contribution in [3.05, 3.63) is 77.1 Å². The first kappa shape index (κ1) is 22.1. The fourth-order valence-corrected chi connectivity index (χ4v) is 4.91. The number of rotatable bonds is 8. The van der Waals surface area contributed by atoms with E-state index in [1.54, 1.807) is 11.8 Å². The minimum Gasteiger partial charge on any atom is -0.382 e. The molecule has 32 heavy (non-hydrogen) atoms. The molecule has 0 radical (unpaired) electrons. The molecule has 0 amide bonds. The third-order valence-electron chi connectivity index (χ3n) is 5.61. The second-order valence-electron chi connectivity index (χ2n) is 7.72. The van der Waals surface area contributed by atoms with Crippen LogP contribution in [0.4, 0.5) is 5.82 Å². The molecule has 2 heterocycles. The summed E-state index contributed by atoms with van der Waals surface area (Å²) < 4.78 is 2.17. The number of anilines is 1. The molecule has 2 aromatic carbocycles. The highest BCUT2D eigenvalue weighted by atomic mass is 32.2. The van der Waals surface area contributed by atoms with Gasteiger partial charge in [-0.2, -0.15) is 0 Å². The van der Waals surface area contributed by atoms with Crippen LogP contribution in [-0.2, 0) is 25.8 Å². The monoisotopic (exact) mass is 443 g/mol.